The average Bonchev–Trinajstić information content (AvgIpc) is 2.55. The molecule has 0 radical (unpaired) electrons. The average molecular weight is 243 g/mol. The van der Waals surface area contributed by atoms with Crippen LogP contribution in [0.15, 0.2) is 16.6 Å². The molecule has 0 unspecified atom stereocenters. The predicted molar refractivity (Wildman–Crippen MR) is 49.1 cm³/mol. The molecule has 0 atom stereocenters. The van der Waals surface area contributed by atoms with Gasteiger partial charge in [-0.05, 0) is 28.1 Å². The Balaban J connectivity index is 2.93. The Kier molecular flexibility index (Phi) is 1.88. The van der Waals surface area contributed by atoms with Gasteiger partial charge in [-0.2, -0.15) is 5.10 Å². The van der Waals surface area contributed by atoms with Crippen molar-refractivity contribution in [1.82, 2.24) is 10.2 Å². The van der Waals surface area contributed by atoms with Gasteiger partial charge in [-0.15, -0.1) is 0 Å². The van der Waals surface area contributed by atoms with Crippen LogP contribution in [-0.2, 0) is 0 Å². The second kappa shape index (κ2) is 2.92. The zero-order valence-corrected chi connectivity index (χ0v) is 7.93. The van der Waals surface area contributed by atoms with Crippen molar-refractivity contribution < 1.29 is 9.18 Å². The molecule has 0 saturated carbocycles. The van der Waals surface area contributed by atoms with Crippen molar-refractivity contribution in [1.29, 1.82) is 0 Å². The van der Waals surface area contributed by atoms with E-state index in [4.69, 9.17) is 0 Å². The third-order valence-corrected chi connectivity index (χ3v) is 2.37. The standard InChI is InChI=1S/C8H4BrFN2O/c9-4-1-2-5-7(8(4)10)6(3-13)12-11-5/h1-3H,(H,11,12). The molecule has 0 amide bonds. The zero-order chi connectivity index (χ0) is 9.42. The second-order valence-electron chi connectivity index (χ2n) is 2.51. The first-order valence-corrected chi connectivity index (χ1v) is 4.30. The molecule has 3 nitrogen and oxygen atoms in total. The van der Waals surface area contributed by atoms with E-state index in [9.17, 15) is 9.18 Å². The van der Waals surface area contributed by atoms with Gasteiger partial charge in [0, 0.05) is 0 Å². The normalized spacial score (nSPS) is 10.6. The fourth-order valence-corrected chi connectivity index (χ4v) is 1.48. The van der Waals surface area contributed by atoms with Crippen LogP contribution >= 0.6 is 15.9 Å². The molecule has 5 heteroatoms. The predicted octanol–water partition coefficient (Wildman–Crippen LogP) is 2.28. The number of nitrogens with zero attached hydrogens (tertiary/aromatic N) is 1. The summed E-state index contributed by atoms with van der Waals surface area (Å²) in [6.07, 6.45) is 0.546. The summed E-state index contributed by atoms with van der Waals surface area (Å²) in [5.74, 6) is -0.464. The Morgan fingerprint density at radius 1 is 1.54 bits per heavy atom. The van der Waals surface area contributed by atoms with E-state index >= 15 is 0 Å². The molecule has 0 aliphatic rings. The summed E-state index contributed by atoms with van der Waals surface area (Å²) in [5, 5.41) is 6.45. The van der Waals surface area contributed by atoms with Crippen LogP contribution in [0.3, 0.4) is 0 Å². The Morgan fingerprint density at radius 3 is 3.00 bits per heavy atom. The molecule has 1 aromatic heterocycles. The minimum atomic E-state index is -0.464. The fourth-order valence-electron chi connectivity index (χ4n) is 1.15. The number of aromatic amines is 1. The first-order chi connectivity index (χ1) is 6.24. The van der Waals surface area contributed by atoms with Crippen LogP contribution in [0.1, 0.15) is 10.5 Å². The number of carbonyl (C=O) groups is 1. The zero-order valence-electron chi connectivity index (χ0n) is 6.34. The van der Waals surface area contributed by atoms with Crippen molar-refractivity contribution in [2.75, 3.05) is 0 Å². The highest BCUT2D eigenvalue weighted by molar-refractivity contribution is 9.10. The van der Waals surface area contributed by atoms with E-state index in [1.165, 1.54) is 0 Å². The van der Waals surface area contributed by atoms with Crippen molar-refractivity contribution >= 4 is 33.1 Å². The van der Waals surface area contributed by atoms with Gasteiger partial charge in [0.1, 0.15) is 11.5 Å². The minimum Gasteiger partial charge on any atom is -0.296 e. The molecule has 0 bridgehead atoms. The molecule has 2 aromatic rings. The monoisotopic (exact) mass is 242 g/mol. The van der Waals surface area contributed by atoms with Crippen molar-refractivity contribution in [3.63, 3.8) is 0 Å². The molecule has 0 fully saturated rings. The maximum Gasteiger partial charge on any atom is 0.168 e. The molecule has 1 heterocycles. The molecule has 0 aliphatic carbocycles. The van der Waals surface area contributed by atoms with Crippen molar-refractivity contribution in [3.05, 3.63) is 28.1 Å². The summed E-state index contributed by atoms with van der Waals surface area (Å²) in [6.45, 7) is 0. The number of aldehydes is 1. The van der Waals surface area contributed by atoms with Crippen LogP contribution in [0.2, 0.25) is 0 Å². The van der Waals surface area contributed by atoms with Gasteiger partial charge in [0.2, 0.25) is 0 Å². The molecule has 0 aliphatic heterocycles. The minimum absolute atomic E-state index is 0.161. The van der Waals surface area contributed by atoms with Gasteiger partial charge in [0.15, 0.2) is 6.29 Å². The Bertz CT molecular complexity index is 480. The first kappa shape index (κ1) is 8.37. The van der Waals surface area contributed by atoms with E-state index in [1.807, 2.05) is 0 Å². The molecule has 1 aromatic carbocycles. The van der Waals surface area contributed by atoms with E-state index in [0.29, 0.717) is 16.3 Å². The summed E-state index contributed by atoms with van der Waals surface area (Å²) >= 11 is 3.03. The maximum absolute atomic E-state index is 13.4. The number of halogens is 2. The number of hydrogen-bond acceptors (Lipinski definition) is 2. The Labute approximate surface area is 81.1 Å². The van der Waals surface area contributed by atoms with Crippen LogP contribution in [-0.4, -0.2) is 16.5 Å². The van der Waals surface area contributed by atoms with Crippen LogP contribution in [0.25, 0.3) is 10.9 Å². The van der Waals surface area contributed by atoms with Gasteiger partial charge in [-0.25, -0.2) is 4.39 Å². The van der Waals surface area contributed by atoms with Crippen LogP contribution in [0.5, 0.6) is 0 Å². The lowest BCUT2D eigenvalue weighted by atomic mass is 10.2. The topological polar surface area (TPSA) is 45.8 Å². The number of benzene rings is 1. The third kappa shape index (κ3) is 1.16. The van der Waals surface area contributed by atoms with Gasteiger partial charge in [0.25, 0.3) is 0 Å². The number of fused-ring (bicyclic) bond motifs is 1. The van der Waals surface area contributed by atoms with Crippen LogP contribution in [0.4, 0.5) is 4.39 Å². The quantitative estimate of drug-likeness (QED) is 0.781. The summed E-state index contributed by atoms with van der Waals surface area (Å²) < 4.78 is 13.7. The summed E-state index contributed by atoms with van der Waals surface area (Å²) in [7, 11) is 0. The van der Waals surface area contributed by atoms with Crippen LogP contribution in [0, 0.1) is 5.82 Å². The molecule has 66 valence electrons. The first-order valence-electron chi connectivity index (χ1n) is 3.51. The van der Waals surface area contributed by atoms with E-state index in [-0.39, 0.29) is 11.1 Å². The lowest BCUT2D eigenvalue weighted by Gasteiger charge is -1.94. The van der Waals surface area contributed by atoms with Gasteiger partial charge in [-0.3, -0.25) is 9.89 Å². The molecule has 2 rings (SSSR count). The molecule has 0 spiro atoms. The van der Waals surface area contributed by atoms with Crippen LogP contribution < -0.4 is 0 Å². The SMILES string of the molecule is O=Cc1[nH]nc2ccc(Br)c(F)c12. The van der Waals surface area contributed by atoms with Gasteiger partial charge in [0.05, 0.1) is 15.4 Å². The lowest BCUT2D eigenvalue weighted by molar-refractivity contribution is 0.112. The number of nitrogens with one attached hydrogen (secondary N) is 1. The number of rotatable bonds is 1. The summed E-state index contributed by atoms with van der Waals surface area (Å²) in [4.78, 5) is 10.5. The molecular weight excluding hydrogens is 239 g/mol. The molecule has 13 heavy (non-hydrogen) atoms. The molecule has 1 N–H and O–H groups in total. The largest absolute Gasteiger partial charge is 0.296 e. The van der Waals surface area contributed by atoms with Gasteiger partial charge in [-0.1, -0.05) is 0 Å². The maximum atomic E-state index is 13.4. The number of aromatic nitrogens is 2. The number of H-pyrrole nitrogens is 1. The van der Waals surface area contributed by atoms with Gasteiger partial charge < -0.3 is 0 Å². The number of carbonyl (C=O) groups excluding carboxylic acids is 1. The van der Waals surface area contributed by atoms with Crippen molar-refractivity contribution in [2.45, 2.75) is 0 Å². The Hall–Kier alpha value is -1.23. The van der Waals surface area contributed by atoms with Crippen molar-refractivity contribution in [3.8, 4) is 0 Å². The van der Waals surface area contributed by atoms with Crippen molar-refractivity contribution in [2.24, 2.45) is 0 Å². The molecule has 0 saturated heterocycles. The van der Waals surface area contributed by atoms with E-state index in [0.717, 1.165) is 0 Å². The summed E-state index contributed by atoms with van der Waals surface area (Å²) in [6, 6.07) is 3.18. The highest BCUT2D eigenvalue weighted by Gasteiger charge is 2.11. The second-order valence-corrected chi connectivity index (χ2v) is 3.36. The molecular formula is C8H4BrFN2O. The van der Waals surface area contributed by atoms with E-state index in [2.05, 4.69) is 26.1 Å². The summed E-state index contributed by atoms with van der Waals surface area (Å²) in [5.41, 5.74) is 0.608. The van der Waals surface area contributed by atoms with E-state index < -0.39 is 5.82 Å². The highest BCUT2D eigenvalue weighted by atomic mass is 79.9. The lowest BCUT2D eigenvalue weighted by Crippen LogP contribution is -1.84. The van der Waals surface area contributed by atoms with Gasteiger partial charge >= 0.3 is 0 Å². The number of hydrogen-bond donors (Lipinski definition) is 1. The fraction of sp³-hybridized carbons (Fsp3) is 0. The van der Waals surface area contributed by atoms with E-state index in [1.54, 1.807) is 12.1 Å². The highest BCUT2D eigenvalue weighted by Crippen LogP contribution is 2.25. The smallest absolute Gasteiger partial charge is 0.168 e. The Morgan fingerprint density at radius 2 is 2.31 bits per heavy atom. The third-order valence-electron chi connectivity index (χ3n) is 1.76.